The molecule has 30 heavy (non-hydrogen) atoms. The maximum absolute atomic E-state index is 12.9. The molecule has 1 aromatic rings. The van der Waals surface area contributed by atoms with Gasteiger partial charge in [-0.05, 0) is 37.8 Å². The van der Waals surface area contributed by atoms with Gasteiger partial charge in [-0.2, -0.15) is 0 Å². The second-order valence-electron chi connectivity index (χ2n) is 9.62. The Bertz CT molecular complexity index is 851. The summed E-state index contributed by atoms with van der Waals surface area (Å²) in [4.78, 5) is 43.6. The molecule has 4 aliphatic rings. The van der Waals surface area contributed by atoms with E-state index in [1.807, 2.05) is 11.0 Å². The van der Waals surface area contributed by atoms with E-state index in [0.717, 1.165) is 56.8 Å². The lowest BCUT2D eigenvalue weighted by Gasteiger charge is -2.26. The molecule has 160 valence electrons. The first-order valence-corrected chi connectivity index (χ1v) is 11.2. The fourth-order valence-corrected chi connectivity index (χ4v) is 5.86. The van der Waals surface area contributed by atoms with Crippen molar-refractivity contribution in [2.45, 2.75) is 50.6 Å². The summed E-state index contributed by atoms with van der Waals surface area (Å²) in [6.45, 7) is 4.31. The predicted octanol–water partition coefficient (Wildman–Crippen LogP) is 1.98. The predicted molar refractivity (Wildman–Crippen MR) is 111 cm³/mol. The summed E-state index contributed by atoms with van der Waals surface area (Å²) in [6.07, 6.45) is 5.35. The summed E-state index contributed by atoms with van der Waals surface area (Å²) in [5, 5.41) is 2.86. The Balaban J connectivity index is 1.18. The van der Waals surface area contributed by atoms with Crippen LogP contribution < -0.4 is 5.32 Å². The number of imide groups is 1. The monoisotopic (exact) mass is 410 g/mol. The molecule has 1 unspecified atom stereocenters. The Morgan fingerprint density at radius 2 is 1.70 bits per heavy atom. The van der Waals surface area contributed by atoms with Crippen molar-refractivity contribution >= 4 is 17.8 Å². The van der Waals surface area contributed by atoms with Gasteiger partial charge in [0, 0.05) is 31.6 Å². The lowest BCUT2D eigenvalue weighted by Crippen LogP contribution is -2.46. The molecule has 3 heterocycles. The number of urea groups is 1. The smallest absolute Gasteiger partial charge is 0.325 e. The van der Waals surface area contributed by atoms with Crippen LogP contribution >= 0.6 is 0 Å². The number of benzene rings is 1. The molecular formula is C23H30N4O3. The minimum Gasteiger partial charge on any atom is -0.341 e. The first-order chi connectivity index (χ1) is 14.5. The van der Waals surface area contributed by atoms with Crippen LogP contribution in [0, 0.1) is 5.41 Å². The van der Waals surface area contributed by atoms with E-state index in [2.05, 4.69) is 34.5 Å². The normalized spacial score (nSPS) is 28.3. The van der Waals surface area contributed by atoms with Crippen LogP contribution in [0.2, 0.25) is 0 Å². The molecule has 3 aliphatic heterocycles. The van der Waals surface area contributed by atoms with Crippen molar-refractivity contribution < 1.29 is 14.4 Å². The van der Waals surface area contributed by atoms with Crippen molar-refractivity contribution in [3.63, 3.8) is 0 Å². The van der Waals surface area contributed by atoms with Crippen molar-refractivity contribution in [2.75, 3.05) is 32.7 Å². The van der Waals surface area contributed by atoms with Gasteiger partial charge >= 0.3 is 6.03 Å². The first kappa shape index (κ1) is 19.5. The molecule has 1 aliphatic carbocycles. The number of carbonyl (C=O) groups excluding carboxylic acids is 3. The van der Waals surface area contributed by atoms with Crippen LogP contribution in [-0.4, -0.2) is 70.8 Å². The van der Waals surface area contributed by atoms with E-state index in [4.69, 9.17) is 0 Å². The molecule has 4 fully saturated rings. The Hall–Kier alpha value is -2.41. The number of rotatable bonds is 4. The molecule has 0 bridgehead atoms. The van der Waals surface area contributed by atoms with Crippen LogP contribution in [0.4, 0.5) is 4.79 Å². The molecule has 7 nitrogen and oxygen atoms in total. The zero-order valence-corrected chi connectivity index (χ0v) is 17.4. The van der Waals surface area contributed by atoms with Crippen molar-refractivity contribution in [1.82, 2.24) is 20.0 Å². The summed E-state index contributed by atoms with van der Waals surface area (Å²) in [6, 6.07) is 10.1. The lowest BCUT2D eigenvalue weighted by atomic mass is 9.86. The molecule has 1 aromatic carbocycles. The van der Waals surface area contributed by atoms with Crippen LogP contribution in [0.5, 0.6) is 0 Å². The van der Waals surface area contributed by atoms with Crippen molar-refractivity contribution in [3.8, 4) is 0 Å². The van der Waals surface area contributed by atoms with E-state index < -0.39 is 11.6 Å². The molecule has 0 aromatic heterocycles. The summed E-state index contributed by atoms with van der Waals surface area (Å²) < 4.78 is 0. The standard InChI is InChI=1S/C23H30N4O3/c28-19(15-27-20(29)23(24-21(27)30)8-4-5-9-23)26-13-11-22(17-26)10-12-25(16-22)14-18-6-2-1-3-7-18/h1-3,6-7H,4-5,8-17H2,(H,24,30). The topological polar surface area (TPSA) is 73.0 Å². The van der Waals surface area contributed by atoms with Gasteiger partial charge in [-0.3, -0.25) is 19.4 Å². The molecule has 1 N–H and O–H groups in total. The number of hydrogen-bond donors (Lipinski definition) is 1. The minimum absolute atomic E-state index is 0.105. The Kier molecular flexibility index (Phi) is 4.81. The fraction of sp³-hybridized carbons (Fsp3) is 0.609. The van der Waals surface area contributed by atoms with Gasteiger partial charge < -0.3 is 10.2 Å². The van der Waals surface area contributed by atoms with Crippen LogP contribution in [0.15, 0.2) is 30.3 Å². The van der Waals surface area contributed by atoms with Gasteiger partial charge in [-0.25, -0.2) is 4.79 Å². The van der Waals surface area contributed by atoms with Gasteiger partial charge in [-0.15, -0.1) is 0 Å². The highest BCUT2D eigenvalue weighted by Crippen LogP contribution is 2.40. The maximum Gasteiger partial charge on any atom is 0.325 e. The van der Waals surface area contributed by atoms with Gasteiger partial charge in [0.15, 0.2) is 0 Å². The van der Waals surface area contributed by atoms with Crippen molar-refractivity contribution in [2.24, 2.45) is 5.41 Å². The van der Waals surface area contributed by atoms with Crippen molar-refractivity contribution in [3.05, 3.63) is 35.9 Å². The largest absolute Gasteiger partial charge is 0.341 e. The lowest BCUT2D eigenvalue weighted by molar-refractivity contribution is -0.138. The molecule has 3 saturated heterocycles. The van der Waals surface area contributed by atoms with E-state index >= 15 is 0 Å². The number of nitrogens with one attached hydrogen (secondary N) is 1. The summed E-state index contributed by atoms with van der Waals surface area (Å²) in [7, 11) is 0. The van der Waals surface area contributed by atoms with Crippen molar-refractivity contribution in [1.29, 1.82) is 0 Å². The molecule has 4 amide bonds. The molecule has 0 radical (unpaired) electrons. The zero-order chi connectivity index (χ0) is 20.8. The molecule has 5 rings (SSSR count). The molecule has 2 spiro atoms. The summed E-state index contributed by atoms with van der Waals surface area (Å²) >= 11 is 0. The first-order valence-electron chi connectivity index (χ1n) is 11.2. The molecular weight excluding hydrogens is 380 g/mol. The van der Waals surface area contributed by atoms with Gasteiger partial charge in [-0.1, -0.05) is 43.2 Å². The zero-order valence-electron chi connectivity index (χ0n) is 17.4. The number of likely N-dealkylation sites (tertiary alicyclic amines) is 2. The Labute approximate surface area is 177 Å². The van der Waals surface area contributed by atoms with E-state index in [1.54, 1.807) is 0 Å². The third-order valence-corrected chi connectivity index (χ3v) is 7.55. The third-order valence-electron chi connectivity index (χ3n) is 7.55. The van der Waals surface area contributed by atoms with Crippen LogP contribution in [0.3, 0.4) is 0 Å². The highest BCUT2D eigenvalue weighted by molar-refractivity contribution is 6.09. The molecule has 1 saturated carbocycles. The second-order valence-corrected chi connectivity index (χ2v) is 9.62. The van der Waals surface area contributed by atoms with E-state index in [0.29, 0.717) is 19.4 Å². The van der Waals surface area contributed by atoms with Gasteiger partial charge in [0.1, 0.15) is 12.1 Å². The number of nitrogens with zero attached hydrogens (tertiary/aromatic N) is 3. The van der Waals surface area contributed by atoms with Gasteiger partial charge in [0.2, 0.25) is 5.91 Å². The highest BCUT2D eigenvalue weighted by atomic mass is 16.2. The summed E-state index contributed by atoms with van der Waals surface area (Å²) in [5.41, 5.74) is 0.723. The number of carbonyl (C=O) groups is 3. The fourth-order valence-electron chi connectivity index (χ4n) is 5.86. The Morgan fingerprint density at radius 1 is 0.967 bits per heavy atom. The van der Waals surface area contributed by atoms with E-state index in [-0.39, 0.29) is 23.8 Å². The Morgan fingerprint density at radius 3 is 2.47 bits per heavy atom. The SMILES string of the molecule is O=C(CN1C(=O)NC2(CCCC2)C1=O)N1CCC2(CCN(Cc3ccccc3)C2)C1. The second kappa shape index (κ2) is 7.38. The van der Waals surface area contributed by atoms with E-state index in [9.17, 15) is 14.4 Å². The van der Waals surface area contributed by atoms with Gasteiger partial charge in [0.25, 0.3) is 5.91 Å². The molecule has 1 atom stereocenters. The van der Waals surface area contributed by atoms with Crippen LogP contribution in [-0.2, 0) is 16.1 Å². The van der Waals surface area contributed by atoms with Gasteiger partial charge in [0.05, 0.1) is 0 Å². The summed E-state index contributed by atoms with van der Waals surface area (Å²) in [5.74, 6) is -0.311. The third kappa shape index (κ3) is 3.39. The average Bonchev–Trinajstić information content (AvgIpc) is 3.51. The molecule has 7 heteroatoms. The number of amides is 4. The van der Waals surface area contributed by atoms with Crippen LogP contribution in [0.25, 0.3) is 0 Å². The maximum atomic E-state index is 12.9. The van der Waals surface area contributed by atoms with E-state index in [1.165, 1.54) is 5.56 Å². The quantitative estimate of drug-likeness (QED) is 0.771. The highest BCUT2D eigenvalue weighted by Gasteiger charge is 2.53. The minimum atomic E-state index is -0.743. The average molecular weight is 411 g/mol. The van der Waals surface area contributed by atoms with Crippen LogP contribution in [0.1, 0.15) is 44.1 Å². The number of hydrogen-bond acceptors (Lipinski definition) is 4.